The third-order valence-corrected chi connectivity index (χ3v) is 2.98. The van der Waals surface area contributed by atoms with Gasteiger partial charge in [0.25, 0.3) is 5.69 Å². The van der Waals surface area contributed by atoms with Crippen LogP contribution in [0.3, 0.4) is 0 Å². The average Bonchev–Trinajstić information content (AvgIpc) is 2.46. The van der Waals surface area contributed by atoms with Gasteiger partial charge in [0.15, 0.2) is 0 Å². The SMILES string of the molecule is Cc1ccccc1C=C(C#N)c1cccc([N+](=O)[O-])c1. The van der Waals surface area contributed by atoms with Crippen molar-refractivity contribution in [3.63, 3.8) is 0 Å². The van der Waals surface area contributed by atoms with Gasteiger partial charge in [-0.15, -0.1) is 0 Å². The molecule has 0 fully saturated rings. The Balaban J connectivity index is 2.49. The lowest BCUT2D eigenvalue weighted by Gasteiger charge is -2.02. The molecule has 20 heavy (non-hydrogen) atoms. The van der Waals surface area contributed by atoms with E-state index in [-0.39, 0.29) is 5.69 Å². The smallest absolute Gasteiger partial charge is 0.258 e. The lowest BCUT2D eigenvalue weighted by atomic mass is 10.0. The van der Waals surface area contributed by atoms with Crippen molar-refractivity contribution < 1.29 is 4.92 Å². The molecule has 0 heterocycles. The zero-order valence-electron chi connectivity index (χ0n) is 10.9. The Hall–Kier alpha value is -2.93. The van der Waals surface area contributed by atoms with Crippen LogP contribution in [0.1, 0.15) is 16.7 Å². The Labute approximate surface area is 116 Å². The van der Waals surface area contributed by atoms with Gasteiger partial charge in [0, 0.05) is 12.1 Å². The number of nitro benzene ring substituents is 1. The quantitative estimate of drug-likeness (QED) is 0.364. The van der Waals surface area contributed by atoms with Crippen molar-refractivity contribution in [3.05, 3.63) is 75.3 Å². The number of rotatable bonds is 3. The first-order valence-corrected chi connectivity index (χ1v) is 6.04. The minimum atomic E-state index is -0.466. The summed E-state index contributed by atoms with van der Waals surface area (Å²) in [5.41, 5.74) is 2.91. The molecule has 0 radical (unpaired) electrons. The van der Waals surface area contributed by atoms with Crippen LogP contribution in [-0.2, 0) is 0 Å². The molecule has 0 spiro atoms. The number of hydrogen-bond donors (Lipinski definition) is 0. The van der Waals surface area contributed by atoms with Crippen LogP contribution >= 0.6 is 0 Å². The van der Waals surface area contributed by atoms with Crippen molar-refractivity contribution in [3.8, 4) is 6.07 Å². The molecular formula is C16H12N2O2. The summed E-state index contributed by atoms with van der Waals surface area (Å²) in [4.78, 5) is 10.3. The molecule has 98 valence electrons. The minimum Gasteiger partial charge on any atom is -0.258 e. The lowest BCUT2D eigenvalue weighted by molar-refractivity contribution is -0.384. The molecular weight excluding hydrogens is 252 g/mol. The number of hydrogen-bond acceptors (Lipinski definition) is 3. The summed E-state index contributed by atoms with van der Waals surface area (Å²) < 4.78 is 0. The first-order chi connectivity index (χ1) is 9.61. The van der Waals surface area contributed by atoms with E-state index in [0.717, 1.165) is 11.1 Å². The lowest BCUT2D eigenvalue weighted by Crippen LogP contribution is -1.90. The molecule has 0 amide bonds. The van der Waals surface area contributed by atoms with E-state index in [4.69, 9.17) is 0 Å². The summed E-state index contributed by atoms with van der Waals surface area (Å²) in [5, 5.41) is 20.1. The fraction of sp³-hybridized carbons (Fsp3) is 0.0625. The largest absolute Gasteiger partial charge is 0.270 e. The van der Waals surface area contributed by atoms with Gasteiger partial charge in [-0.1, -0.05) is 36.4 Å². The minimum absolute atomic E-state index is 0.0200. The molecule has 0 aliphatic rings. The maximum absolute atomic E-state index is 10.8. The first-order valence-electron chi connectivity index (χ1n) is 6.04. The van der Waals surface area contributed by atoms with Crippen LogP contribution in [0.5, 0.6) is 0 Å². The Kier molecular flexibility index (Phi) is 3.92. The second-order valence-electron chi connectivity index (χ2n) is 4.33. The third kappa shape index (κ3) is 2.90. The molecule has 4 heteroatoms. The molecule has 2 aromatic rings. The van der Waals surface area contributed by atoms with Crippen LogP contribution in [0.25, 0.3) is 11.6 Å². The zero-order valence-corrected chi connectivity index (χ0v) is 10.9. The molecule has 0 saturated carbocycles. The second-order valence-corrected chi connectivity index (χ2v) is 4.33. The van der Waals surface area contributed by atoms with Crippen LogP contribution in [0, 0.1) is 28.4 Å². The van der Waals surface area contributed by atoms with Crippen LogP contribution in [-0.4, -0.2) is 4.92 Å². The van der Waals surface area contributed by atoms with Crippen LogP contribution in [0.4, 0.5) is 5.69 Å². The van der Waals surface area contributed by atoms with Gasteiger partial charge in [-0.2, -0.15) is 5.26 Å². The molecule has 0 aromatic heterocycles. The van der Waals surface area contributed by atoms with Gasteiger partial charge in [0.2, 0.25) is 0 Å². The number of nitro groups is 1. The van der Waals surface area contributed by atoms with E-state index < -0.39 is 4.92 Å². The normalized spacial score (nSPS) is 10.9. The Morgan fingerprint density at radius 2 is 2.00 bits per heavy atom. The van der Waals surface area contributed by atoms with Gasteiger partial charge in [0.1, 0.15) is 0 Å². The molecule has 4 nitrogen and oxygen atoms in total. The summed E-state index contributed by atoms with van der Waals surface area (Å²) in [6.07, 6.45) is 1.74. The van der Waals surface area contributed by atoms with Gasteiger partial charge >= 0.3 is 0 Å². The third-order valence-electron chi connectivity index (χ3n) is 2.98. The molecule has 2 aromatic carbocycles. The summed E-state index contributed by atoms with van der Waals surface area (Å²) in [7, 11) is 0. The molecule has 0 aliphatic carbocycles. The molecule has 0 saturated heterocycles. The predicted octanol–water partition coefficient (Wildman–Crippen LogP) is 3.97. The number of benzene rings is 2. The molecule has 0 bridgehead atoms. The maximum Gasteiger partial charge on any atom is 0.270 e. The van der Waals surface area contributed by atoms with E-state index in [1.807, 2.05) is 31.2 Å². The predicted molar refractivity (Wildman–Crippen MR) is 77.8 cm³/mol. The van der Waals surface area contributed by atoms with Gasteiger partial charge in [-0.3, -0.25) is 10.1 Å². The van der Waals surface area contributed by atoms with Crippen LogP contribution in [0.15, 0.2) is 48.5 Å². The van der Waals surface area contributed by atoms with E-state index >= 15 is 0 Å². The Morgan fingerprint density at radius 3 is 2.65 bits per heavy atom. The van der Waals surface area contributed by atoms with E-state index in [0.29, 0.717) is 11.1 Å². The van der Waals surface area contributed by atoms with E-state index in [1.54, 1.807) is 18.2 Å². The topological polar surface area (TPSA) is 66.9 Å². The standard InChI is InChI=1S/C16H12N2O2/c1-12-5-2-3-6-13(12)9-15(11-17)14-7-4-8-16(10-14)18(19)20/h2-10H,1H3. The summed E-state index contributed by atoms with van der Waals surface area (Å²) in [5.74, 6) is 0. The highest BCUT2D eigenvalue weighted by molar-refractivity contribution is 5.90. The van der Waals surface area contributed by atoms with Crippen molar-refractivity contribution in [1.82, 2.24) is 0 Å². The van der Waals surface area contributed by atoms with Crippen molar-refractivity contribution in [2.75, 3.05) is 0 Å². The Morgan fingerprint density at radius 1 is 1.25 bits per heavy atom. The number of nitriles is 1. The van der Waals surface area contributed by atoms with Crippen LogP contribution in [0.2, 0.25) is 0 Å². The van der Waals surface area contributed by atoms with Gasteiger partial charge < -0.3 is 0 Å². The summed E-state index contributed by atoms with van der Waals surface area (Å²) in [6.45, 7) is 1.95. The fourth-order valence-corrected chi connectivity index (χ4v) is 1.87. The van der Waals surface area contributed by atoms with E-state index in [2.05, 4.69) is 6.07 Å². The van der Waals surface area contributed by atoms with Crippen molar-refractivity contribution in [2.45, 2.75) is 6.92 Å². The highest BCUT2D eigenvalue weighted by Crippen LogP contribution is 2.23. The number of nitrogens with zero attached hydrogens (tertiary/aromatic N) is 2. The number of aryl methyl sites for hydroxylation is 1. The van der Waals surface area contributed by atoms with Crippen molar-refractivity contribution in [2.24, 2.45) is 0 Å². The second kappa shape index (κ2) is 5.81. The first kappa shape index (κ1) is 13.5. The van der Waals surface area contributed by atoms with Gasteiger partial charge in [0.05, 0.1) is 16.6 Å². The van der Waals surface area contributed by atoms with Gasteiger partial charge in [-0.25, -0.2) is 0 Å². The van der Waals surface area contributed by atoms with Crippen LogP contribution < -0.4 is 0 Å². The molecule has 0 N–H and O–H groups in total. The van der Waals surface area contributed by atoms with Gasteiger partial charge in [-0.05, 0) is 29.7 Å². The van der Waals surface area contributed by atoms with E-state index in [1.165, 1.54) is 12.1 Å². The molecule has 0 atom stereocenters. The highest BCUT2D eigenvalue weighted by Gasteiger charge is 2.09. The summed E-state index contributed by atoms with van der Waals surface area (Å²) in [6, 6.07) is 15.9. The summed E-state index contributed by atoms with van der Waals surface area (Å²) >= 11 is 0. The monoisotopic (exact) mass is 264 g/mol. The van der Waals surface area contributed by atoms with Crippen molar-refractivity contribution in [1.29, 1.82) is 5.26 Å². The number of non-ortho nitro benzene ring substituents is 1. The highest BCUT2D eigenvalue weighted by atomic mass is 16.6. The molecule has 0 aliphatic heterocycles. The number of allylic oxidation sites excluding steroid dienone is 1. The van der Waals surface area contributed by atoms with E-state index in [9.17, 15) is 15.4 Å². The molecule has 2 rings (SSSR count). The molecule has 0 unspecified atom stereocenters. The zero-order chi connectivity index (χ0) is 14.5. The fourth-order valence-electron chi connectivity index (χ4n) is 1.87. The van der Waals surface area contributed by atoms with Crippen molar-refractivity contribution >= 4 is 17.3 Å². The maximum atomic E-state index is 10.8. The average molecular weight is 264 g/mol. The Bertz CT molecular complexity index is 727.